The first-order valence-electron chi connectivity index (χ1n) is 9.48. The molecule has 0 bridgehead atoms. The number of amides is 3. The van der Waals surface area contributed by atoms with Gasteiger partial charge in [0.2, 0.25) is 11.8 Å². The van der Waals surface area contributed by atoms with Crippen LogP contribution in [0, 0.1) is 6.92 Å². The van der Waals surface area contributed by atoms with E-state index >= 15 is 0 Å². The van der Waals surface area contributed by atoms with Gasteiger partial charge in [-0.1, -0.05) is 12.1 Å². The Morgan fingerprint density at radius 3 is 2.21 bits per heavy atom. The van der Waals surface area contributed by atoms with Crippen LogP contribution in [0.5, 0.6) is 5.75 Å². The SMILES string of the molecule is CCN(CC(=O)Nc1ccc(NC(C)=O)cc1)C(=O)[C@@H](C)Oc1cccc(C)c1. The fourth-order valence-corrected chi connectivity index (χ4v) is 2.76. The summed E-state index contributed by atoms with van der Waals surface area (Å²) in [4.78, 5) is 37.5. The average molecular weight is 397 g/mol. The number of nitrogens with one attached hydrogen (secondary N) is 2. The Morgan fingerprint density at radius 1 is 1.03 bits per heavy atom. The number of carbonyl (C=O) groups is 3. The van der Waals surface area contributed by atoms with E-state index in [0.717, 1.165) is 5.56 Å². The maximum Gasteiger partial charge on any atom is 0.263 e. The summed E-state index contributed by atoms with van der Waals surface area (Å²) >= 11 is 0. The second-order valence-corrected chi connectivity index (χ2v) is 6.74. The first-order valence-corrected chi connectivity index (χ1v) is 9.48. The molecule has 0 saturated heterocycles. The van der Waals surface area contributed by atoms with E-state index in [4.69, 9.17) is 4.74 Å². The molecular weight excluding hydrogens is 370 g/mol. The summed E-state index contributed by atoms with van der Waals surface area (Å²) in [5.74, 6) is -0.119. The molecule has 7 heteroatoms. The zero-order valence-corrected chi connectivity index (χ0v) is 17.2. The van der Waals surface area contributed by atoms with Gasteiger partial charge in [0.15, 0.2) is 6.10 Å². The molecule has 0 heterocycles. The maximum absolute atomic E-state index is 12.7. The Morgan fingerprint density at radius 2 is 1.66 bits per heavy atom. The third-order valence-corrected chi connectivity index (χ3v) is 4.17. The van der Waals surface area contributed by atoms with Crippen LogP contribution < -0.4 is 15.4 Å². The number of hydrogen-bond donors (Lipinski definition) is 2. The Bertz CT molecular complexity index is 865. The first kappa shape index (κ1) is 21.9. The van der Waals surface area contributed by atoms with Gasteiger partial charge in [0.05, 0.1) is 6.54 Å². The van der Waals surface area contributed by atoms with E-state index in [-0.39, 0.29) is 24.3 Å². The second kappa shape index (κ2) is 10.3. The molecule has 154 valence electrons. The summed E-state index contributed by atoms with van der Waals surface area (Å²) in [5, 5.41) is 5.41. The van der Waals surface area contributed by atoms with Gasteiger partial charge in [-0.05, 0) is 62.7 Å². The van der Waals surface area contributed by atoms with Gasteiger partial charge in [0, 0.05) is 24.8 Å². The monoisotopic (exact) mass is 397 g/mol. The molecule has 29 heavy (non-hydrogen) atoms. The molecule has 7 nitrogen and oxygen atoms in total. The van der Waals surface area contributed by atoms with E-state index in [1.165, 1.54) is 11.8 Å². The number of anilines is 2. The van der Waals surface area contributed by atoms with Gasteiger partial charge < -0.3 is 20.3 Å². The molecule has 0 aliphatic heterocycles. The van der Waals surface area contributed by atoms with Crippen LogP contribution in [0.3, 0.4) is 0 Å². The van der Waals surface area contributed by atoms with Crippen molar-refractivity contribution in [2.24, 2.45) is 0 Å². The Hall–Kier alpha value is -3.35. The van der Waals surface area contributed by atoms with E-state index in [2.05, 4.69) is 10.6 Å². The summed E-state index contributed by atoms with van der Waals surface area (Å²) in [6.45, 7) is 7.17. The van der Waals surface area contributed by atoms with E-state index in [1.54, 1.807) is 37.3 Å². The van der Waals surface area contributed by atoms with E-state index in [9.17, 15) is 14.4 Å². The summed E-state index contributed by atoms with van der Waals surface area (Å²) in [6.07, 6.45) is -0.707. The number of rotatable bonds is 8. The minimum Gasteiger partial charge on any atom is -0.481 e. The Balaban J connectivity index is 1.92. The average Bonchev–Trinajstić information content (AvgIpc) is 2.66. The molecule has 0 spiro atoms. The number of nitrogens with zero attached hydrogens (tertiary/aromatic N) is 1. The Labute approximate surface area is 171 Å². The number of likely N-dealkylation sites (N-methyl/N-ethyl adjacent to an activating group) is 1. The smallest absolute Gasteiger partial charge is 0.263 e. The topological polar surface area (TPSA) is 87.7 Å². The highest BCUT2D eigenvalue weighted by molar-refractivity contribution is 5.95. The van der Waals surface area contributed by atoms with Crippen molar-refractivity contribution in [1.82, 2.24) is 4.90 Å². The van der Waals surface area contributed by atoms with Crippen molar-refractivity contribution in [1.29, 1.82) is 0 Å². The van der Waals surface area contributed by atoms with Crippen molar-refractivity contribution in [3.8, 4) is 5.75 Å². The number of carbonyl (C=O) groups excluding carboxylic acids is 3. The molecule has 2 aromatic carbocycles. The molecule has 0 saturated carbocycles. The van der Waals surface area contributed by atoms with Crippen molar-refractivity contribution >= 4 is 29.1 Å². The zero-order valence-electron chi connectivity index (χ0n) is 17.2. The highest BCUT2D eigenvalue weighted by Crippen LogP contribution is 2.16. The molecule has 0 unspecified atom stereocenters. The minimum absolute atomic E-state index is 0.0791. The van der Waals surface area contributed by atoms with Gasteiger partial charge in [-0.15, -0.1) is 0 Å². The minimum atomic E-state index is -0.707. The van der Waals surface area contributed by atoms with Gasteiger partial charge in [-0.3, -0.25) is 14.4 Å². The third kappa shape index (κ3) is 6.95. The predicted octanol–water partition coefficient (Wildman–Crippen LogP) is 3.21. The number of aryl methyl sites for hydroxylation is 1. The van der Waals surface area contributed by atoms with Gasteiger partial charge in [-0.25, -0.2) is 0 Å². The van der Waals surface area contributed by atoms with Gasteiger partial charge in [0.1, 0.15) is 5.75 Å². The lowest BCUT2D eigenvalue weighted by Gasteiger charge is -2.24. The van der Waals surface area contributed by atoms with Crippen LogP contribution in [-0.2, 0) is 14.4 Å². The van der Waals surface area contributed by atoms with Gasteiger partial charge in [0.25, 0.3) is 5.91 Å². The van der Waals surface area contributed by atoms with Crippen molar-refractivity contribution in [2.75, 3.05) is 23.7 Å². The fraction of sp³-hybridized carbons (Fsp3) is 0.318. The quantitative estimate of drug-likeness (QED) is 0.716. The molecule has 1 atom stereocenters. The van der Waals surface area contributed by atoms with Crippen molar-refractivity contribution in [3.63, 3.8) is 0 Å². The number of hydrogen-bond acceptors (Lipinski definition) is 4. The van der Waals surface area contributed by atoms with Gasteiger partial charge in [-0.2, -0.15) is 0 Å². The maximum atomic E-state index is 12.7. The summed E-state index contributed by atoms with van der Waals surface area (Å²) in [6, 6.07) is 14.2. The van der Waals surface area contributed by atoms with Crippen molar-refractivity contribution in [2.45, 2.75) is 33.8 Å². The first-order chi connectivity index (χ1) is 13.8. The molecule has 2 rings (SSSR count). The highest BCUT2D eigenvalue weighted by atomic mass is 16.5. The van der Waals surface area contributed by atoms with Crippen LogP contribution >= 0.6 is 0 Å². The van der Waals surface area contributed by atoms with Crippen molar-refractivity contribution < 1.29 is 19.1 Å². The van der Waals surface area contributed by atoms with Gasteiger partial charge >= 0.3 is 0 Å². The molecule has 0 aliphatic rings. The largest absolute Gasteiger partial charge is 0.481 e. The lowest BCUT2D eigenvalue weighted by atomic mass is 10.2. The van der Waals surface area contributed by atoms with E-state index in [0.29, 0.717) is 23.7 Å². The molecule has 2 N–H and O–H groups in total. The lowest BCUT2D eigenvalue weighted by molar-refractivity contribution is -0.140. The van der Waals surface area contributed by atoms with Crippen LogP contribution in [0.25, 0.3) is 0 Å². The molecule has 3 amide bonds. The van der Waals surface area contributed by atoms with Crippen LogP contribution in [0.2, 0.25) is 0 Å². The van der Waals surface area contributed by atoms with E-state index < -0.39 is 6.10 Å². The summed E-state index contributed by atoms with van der Waals surface area (Å²) in [5.41, 5.74) is 2.26. The molecule has 0 aliphatic carbocycles. The lowest BCUT2D eigenvalue weighted by Crippen LogP contribution is -2.44. The van der Waals surface area contributed by atoms with Crippen LogP contribution in [0.4, 0.5) is 11.4 Å². The Kier molecular flexibility index (Phi) is 7.77. The van der Waals surface area contributed by atoms with Crippen molar-refractivity contribution in [3.05, 3.63) is 54.1 Å². The number of benzene rings is 2. The fourth-order valence-electron chi connectivity index (χ4n) is 2.76. The third-order valence-electron chi connectivity index (χ3n) is 4.17. The number of ether oxygens (including phenoxy) is 1. The van der Waals surface area contributed by atoms with E-state index in [1.807, 2.05) is 32.0 Å². The molecule has 2 aromatic rings. The highest BCUT2D eigenvalue weighted by Gasteiger charge is 2.23. The normalized spacial score (nSPS) is 11.3. The summed E-state index contributed by atoms with van der Waals surface area (Å²) < 4.78 is 5.73. The molecular formula is C22H27N3O4. The van der Waals surface area contributed by atoms with Crippen LogP contribution in [-0.4, -0.2) is 41.8 Å². The molecule has 0 radical (unpaired) electrons. The molecule has 0 fully saturated rings. The van der Waals surface area contributed by atoms with Crippen LogP contribution in [0.1, 0.15) is 26.3 Å². The standard InChI is InChI=1S/C22H27N3O4/c1-5-25(22(28)16(3)29-20-8-6-7-15(2)13-20)14-21(27)24-19-11-9-18(10-12-19)23-17(4)26/h6-13,16H,5,14H2,1-4H3,(H,23,26)(H,24,27)/t16-/m1/s1. The zero-order chi connectivity index (χ0) is 21.4. The summed E-state index contributed by atoms with van der Waals surface area (Å²) in [7, 11) is 0. The predicted molar refractivity (Wildman–Crippen MR) is 113 cm³/mol. The second-order valence-electron chi connectivity index (χ2n) is 6.74. The van der Waals surface area contributed by atoms with Crippen LogP contribution in [0.15, 0.2) is 48.5 Å². The molecule has 0 aromatic heterocycles.